The van der Waals surface area contributed by atoms with Crippen LogP contribution in [0, 0.1) is 0 Å². The third kappa shape index (κ3) is 3.93. The number of methoxy groups -OCH3 is 2. The maximum atomic E-state index is 12.1. The molecule has 2 rings (SSSR count). The number of carbonyl (C=O) groups is 2. The van der Waals surface area contributed by atoms with Crippen molar-refractivity contribution in [1.82, 2.24) is 4.98 Å². The third-order valence-electron chi connectivity index (χ3n) is 4.34. The average molecular weight is 355 g/mol. The van der Waals surface area contributed by atoms with Gasteiger partial charge in [-0.05, 0) is 49.1 Å². The Labute approximate surface area is 154 Å². The molecule has 0 aliphatic carbocycles. The van der Waals surface area contributed by atoms with Gasteiger partial charge in [-0.25, -0.2) is 0 Å². The fourth-order valence-corrected chi connectivity index (χ4v) is 2.95. The number of hydrogen-bond acceptors (Lipinski definition) is 5. The minimum absolute atomic E-state index is 0.0956. The van der Waals surface area contributed by atoms with E-state index in [0.717, 1.165) is 30.4 Å². The smallest absolute Gasteiger partial charge is 0.178 e. The Morgan fingerprint density at radius 1 is 1.08 bits per heavy atom. The lowest BCUT2D eigenvalue weighted by Gasteiger charge is -2.19. The number of aromatic nitrogens is 1. The summed E-state index contributed by atoms with van der Waals surface area (Å²) < 4.78 is 11.1. The topological polar surface area (TPSA) is 65.5 Å². The number of carbonyl (C=O) groups excluding carboxylic acids is 2. The van der Waals surface area contributed by atoms with E-state index in [1.54, 1.807) is 31.5 Å². The summed E-state index contributed by atoms with van der Waals surface area (Å²) in [5, 5.41) is 0. The largest absolute Gasteiger partial charge is 0.496 e. The molecule has 0 bridgehead atoms. The van der Waals surface area contributed by atoms with E-state index in [1.165, 1.54) is 21.0 Å². The van der Waals surface area contributed by atoms with Crippen LogP contribution < -0.4 is 9.47 Å². The summed E-state index contributed by atoms with van der Waals surface area (Å²) in [6.45, 7) is 5.10. The lowest BCUT2D eigenvalue weighted by atomic mass is 9.93. The highest BCUT2D eigenvalue weighted by molar-refractivity contribution is 6.01. The van der Waals surface area contributed by atoms with Crippen molar-refractivity contribution >= 4 is 11.6 Å². The summed E-state index contributed by atoms with van der Waals surface area (Å²) in [6, 6.07) is 5.21. The highest BCUT2D eigenvalue weighted by atomic mass is 16.5. The van der Waals surface area contributed by atoms with Crippen molar-refractivity contribution in [2.24, 2.45) is 0 Å². The van der Waals surface area contributed by atoms with E-state index < -0.39 is 0 Å². The standard InChI is InChI=1S/C21H25NO4/c1-6-7-8-15-12-22-18(14(3)24)11-17(15)20-19(25-4)10-9-16(13(2)23)21(20)26-5/h9-12H,6-8H2,1-5H3. The summed E-state index contributed by atoms with van der Waals surface area (Å²) in [5.41, 5.74) is 3.34. The Hall–Kier alpha value is -2.69. The van der Waals surface area contributed by atoms with Gasteiger partial charge < -0.3 is 9.47 Å². The van der Waals surface area contributed by atoms with E-state index >= 15 is 0 Å². The third-order valence-corrected chi connectivity index (χ3v) is 4.34. The van der Waals surface area contributed by atoms with E-state index in [-0.39, 0.29) is 11.6 Å². The Morgan fingerprint density at radius 3 is 2.35 bits per heavy atom. The number of pyridine rings is 1. The number of unbranched alkanes of at least 4 members (excludes halogenated alkanes) is 1. The number of rotatable bonds is 8. The molecule has 5 heteroatoms. The van der Waals surface area contributed by atoms with Crippen LogP contribution in [0.5, 0.6) is 11.5 Å². The van der Waals surface area contributed by atoms with Crippen molar-refractivity contribution in [3.8, 4) is 22.6 Å². The van der Waals surface area contributed by atoms with E-state index in [4.69, 9.17) is 9.47 Å². The minimum Gasteiger partial charge on any atom is -0.496 e. The van der Waals surface area contributed by atoms with Gasteiger partial charge in [0.25, 0.3) is 0 Å². The second-order valence-electron chi connectivity index (χ2n) is 6.17. The van der Waals surface area contributed by atoms with Crippen LogP contribution in [-0.4, -0.2) is 30.8 Å². The van der Waals surface area contributed by atoms with Crippen LogP contribution in [0.1, 0.15) is 60.0 Å². The van der Waals surface area contributed by atoms with E-state index in [1.807, 2.05) is 0 Å². The maximum Gasteiger partial charge on any atom is 0.178 e. The molecule has 0 N–H and O–H groups in total. The molecule has 26 heavy (non-hydrogen) atoms. The van der Waals surface area contributed by atoms with Crippen molar-refractivity contribution in [1.29, 1.82) is 0 Å². The van der Waals surface area contributed by atoms with Crippen molar-refractivity contribution in [2.45, 2.75) is 40.0 Å². The van der Waals surface area contributed by atoms with Crippen LogP contribution >= 0.6 is 0 Å². The van der Waals surface area contributed by atoms with Gasteiger partial charge in [0.2, 0.25) is 0 Å². The van der Waals surface area contributed by atoms with Gasteiger partial charge in [-0.15, -0.1) is 0 Å². The number of benzene rings is 1. The van der Waals surface area contributed by atoms with Gasteiger partial charge >= 0.3 is 0 Å². The lowest BCUT2D eigenvalue weighted by Crippen LogP contribution is -2.05. The molecule has 0 fully saturated rings. The highest BCUT2D eigenvalue weighted by Gasteiger charge is 2.22. The van der Waals surface area contributed by atoms with Crippen molar-refractivity contribution < 1.29 is 19.1 Å². The number of hydrogen-bond donors (Lipinski definition) is 0. The summed E-state index contributed by atoms with van der Waals surface area (Å²) in [4.78, 5) is 28.2. The van der Waals surface area contributed by atoms with Gasteiger partial charge in [0.1, 0.15) is 17.2 Å². The first-order valence-corrected chi connectivity index (χ1v) is 8.70. The molecule has 0 unspecified atom stereocenters. The van der Waals surface area contributed by atoms with Crippen molar-refractivity contribution in [3.63, 3.8) is 0 Å². The zero-order chi connectivity index (χ0) is 19.3. The fourth-order valence-electron chi connectivity index (χ4n) is 2.95. The van der Waals surface area contributed by atoms with Crippen LogP contribution in [0.2, 0.25) is 0 Å². The molecular formula is C21H25NO4. The summed E-state index contributed by atoms with van der Waals surface area (Å²) >= 11 is 0. The molecule has 0 radical (unpaired) electrons. The predicted octanol–water partition coefficient (Wildman–Crippen LogP) is 4.51. The van der Waals surface area contributed by atoms with Crippen LogP contribution in [0.25, 0.3) is 11.1 Å². The highest BCUT2D eigenvalue weighted by Crippen LogP contribution is 2.43. The predicted molar refractivity (Wildman–Crippen MR) is 101 cm³/mol. The Morgan fingerprint density at radius 2 is 1.81 bits per heavy atom. The molecule has 138 valence electrons. The Bertz CT molecular complexity index is 827. The fraction of sp³-hybridized carbons (Fsp3) is 0.381. The number of ketones is 2. The SMILES string of the molecule is CCCCc1cnc(C(C)=O)cc1-c1c(OC)ccc(C(C)=O)c1OC. The molecule has 0 spiro atoms. The monoisotopic (exact) mass is 355 g/mol. The molecular weight excluding hydrogens is 330 g/mol. The summed E-state index contributed by atoms with van der Waals surface area (Å²) in [7, 11) is 3.11. The van der Waals surface area contributed by atoms with Crippen LogP contribution in [-0.2, 0) is 6.42 Å². The molecule has 0 saturated heterocycles. The Balaban J connectivity index is 2.83. The van der Waals surface area contributed by atoms with Gasteiger partial charge in [0.15, 0.2) is 11.6 Å². The molecule has 0 aliphatic rings. The molecule has 0 atom stereocenters. The minimum atomic E-state index is -0.117. The number of Topliss-reactive ketones (excluding diaryl/α,β-unsaturated/α-hetero) is 2. The molecule has 2 aromatic rings. The van der Waals surface area contributed by atoms with Crippen molar-refractivity contribution in [2.75, 3.05) is 14.2 Å². The summed E-state index contributed by atoms with van der Waals surface area (Å²) in [5.74, 6) is 0.830. The molecule has 0 amide bonds. The van der Waals surface area contributed by atoms with Crippen LogP contribution in [0.15, 0.2) is 24.4 Å². The van der Waals surface area contributed by atoms with Crippen LogP contribution in [0.3, 0.4) is 0 Å². The molecule has 1 aromatic heterocycles. The number of ether oxygens (including phenoxy) is 2. The van der Waals surface area contributed by atoms with E-state index in [2.05, 4.69) is 11.9 Å². The van der Waals surface area contributed by atoms with Gasteiger partial charge in [0.05, 0.1) is 25.3 Å². The van der Waals surface area contributed by atoms with Gasteiger partial charge in [-0.3, -0.25) is 14.6 Å². The first-order valence-electron chi connectivity index (χ1n) is 8.70. The second-order valence-corrected chi connectivity index (χ2v) is 6.17. The molecule has 0 saturated carbocycles. The van der Waals surface area contributed by atoms with Crippen molar-refractivity contribution in [3.05, 3.63) is 41.2 Å². The molecule has 1 aromatic carbocycles. The molecule has 1 heterocycles. The van der Waals surface area contributed by atoms with Gasteiger partial charge in [-0.1, -0.05) is 13.3 Å². The first kappa shape index (κ1) is 19.6. The van der Waals surface area contributed by atoms with E-state index in [9.17, 15) is 9.59 Å². The maximum absolute atomic E-state index is 12.1. The van der Waals surface area contributed by atoms with E-state index in [0.29, 0.717) is 28.3 Å². The zero-order valence-electron chi connectivity index (χ0n) is 16.0. The molecule has 5 nitrogen and oxygen atoms in total. The first-order chi connectivity index (χ1) is 12.4. The second kappa shape index (κ2) is 8.61. The lowest BCUT2D eigenvalue weighted by molar-refractivity contribution is 0.100. The van der Waals surface area contributed by atoms with Gasteiger partial charge in [0, 0.05) is 13.1 Å². The average Bonchev–Trinajstić information content (AvgIpc) is 2.64. The Kier molecular flexibility index (Phi) is 6.50. The zero-order valence-corrected chi connectivity index (χ0v) is 16.0. The van der Waals surface area contributed by atoms with Gasteiger partial charge in [-0.2, -0.15) is 0 Å². The molecule has 0 aliphatic heterocycles. The quantitative estimate of drug-likeness (QED) is 0.652. The number of aryl methyl sites for hydroxylation is 1. The van der Waals surface area contributed by atoms with Crippen LogP contribution in [0.4, 0.5) is 0 Å². The number of nitrogens with zero attached hydrogens (tertiary/aromatic N) is 1. The summed E-state index contributed by atoms with van der Waals surface area (Å²) in [6.07, 6.45) is 4.58. The normalized spacial score (nSPS) is 10.5.